The minimum atomic E-state index is -0.541. The Balaban J connectivity index is 2.50. The van der Waals surface area contributed by atoms with Crippen LogP contribution in [-0.4, -0.2) is 24.1 Å². The Morgan fingerprint density at radius 1 is 1.10 bits per heavy atom. The lowest BCUT2D eigenvalue weighted by Gasteiger charge is -2.19. The molecular formula is C16H20O5. The van der Waals surface area contributed by atoms with E-state index in [1.807, 2.05) is 0 Å². The summed E-state index contributed by atoms with van der Waals surface area (Å²) in [6, 6.07) is 6.35. The van der Waals surface area contributed by atoms with Gasteiger partial charge in [0.15, 0.2) is 6.61 Å². The van der Waals surface area contributed by atoms with E-state index in [0.717, 1.165) is 0 Å². The van der Waals surface area contributed by atoms with Gasteiger partial charge in [0.05, 0.1) is 0 Å². The molecule has 0 aliphatic heterocycles. The Hall–Kier alpha value is -2.30. The van der Waals surface area contributed by atoms with E-state index in [2.05, 4.69) is 6.58 Å². The van der Waals surface area contributed by atoms with Gasteiger partial charge in [-0.25, -0.2) is 9.59 Å². The molecule has 114 valence electrons. The maximum absolute atomic E-state index is 11.5. The first-order valence-electron chi connectivity index (χ1n) is 6.50. The van der Waals surface area contributed by atoms with Crippen LogP contribution in [0.4, 0.5) is 0 Å². The van der Waals surface area contributed by atoms with Crippen molar-refractivity contribution in [3.8, 4) is 11.5 Å². The number of carbonyl (C=O) groups excluding carboxylic acids is 2. The summed E-state index contributed by atoms with van der Waals surface area (Å²) >= 11 is 0. The fraction of sp³-hybridized carbons (Fsp3) is 0.375. The van der Waals surface area contributed by atoms with Crippen LogP contribution < -0.4 is 9.47 Å². The first kappa shape index (κ1) is 16.8. The molecule has 0 unspecified atom stereocenters. The van der Waals surface area contributed by atoms with E-state index in [-0.39, 0.29) is 6.61 Å². The molecule has 0 fully saturated rings. The first-order valence-corrected chi connectivity index (χ1v) is 6.50. The third kappa shape index (κ3) is 6.61. The minimum absolute atomic E-state index is 0.178. The number of ether oxygens (including phenoxy) is 3. The fourth-order valence-electron chi connectivity index (χ4n) is 1.31. The number of hydrogen-bond donors (Lipinski definition) is 0. The van der Waals surface area contributed by atoms with E-state index in [1.54, 1.807) is 52.0 Å². The summed E-state index contributed by atoms with van der Waals surface area (Å²) in [5.74, 6) is -0.0682. The van der Waals surface area contributed by atoms with Crippen molar-refractivity contribution in [3.63, 3.8) is 0 Å². The van der Waals surface area contributed by atoms with Crippen LogP contribution in [0.25, 0.3) is 0 Å². The van der Waals surface area contributed by atoms with E-state index in [9.17, 15) is 9.59 Å². The summed E-state index contributed by atoms with van der Waals surface area (Å²) < 4.78 is 15.4. The van der Waals surface area contributed by atoms with Crippen LogP contribution in [0, 0.1) is 0 Å². The topological polar surface area (TPSA) is 61.8 Å². The largest absolute Gasteiger partial charge is 0.482 e. The Bertz CT molecular complexity index is 523. The lowest BCUT2D eigenvalue weighted by molar-refractivity contribution is -0.157. The second kappa shape index (κ2) is 6.92. The van der Waals surface area contributed by atoms with Gasteiger partial charge in [-0.2, -0.15) is 0 Å². The fourth-order valence-corrected chi connectivity index (χ4v) is 1.31. The zero-order valence-electron chi connectivity index (χ0n) is 12.8. The van der Waals surface area contributed by atoms with Crippen LogP contribution in [0.15, 0.2) is 36.4 Å². The highest BCUT2D eigenvalue weighted by Crippen LogP contribution is 2.18. The summed E-state index contributed by atoms with van der Waals surface area (Å²) in [6.45, 7) is 10.2. The van der Waals surface area contributed by atoms with Crippen molar-refractivity contribution in [2.75, 3.05) is 6.61 Å². The maximum Gasteiger partial charge on any atom is 0.344 e. The van der Waals surface area contributed by atoms with Crippen LogP contribution in [-0.2, 0) is 14.3 Å². The molecule has 0 aromatic heterocycles. The van der Waals surface area contributed by atoms with Gasteiger partial charge < -0.3 is 14.2 Å². The Labute approximate surface area is 124 Å². The SMILES string of the molecule is C=C(C)C(=O)Oc1ccc(OCC(=O)OC(C)(C)C)cc1. The molecule has 5 nitrogen and oxygen atoms in total. The van der Waals surface area contributed by atoms with Gasteiger partial charge >= 0.3 is 11.9 Å². The summed E-state index contributed by atoms with van der Waals surface area (Å²) in [4.78, 5) is 22.8. The van der Waals surface area contributed by atoms with E-state index >= 15 is 0 Å². The minimum Gasteiger partial charge on any atom is -0.482 e. The molecule has 0 N–H and O–H groups in total. The van der Waals surface area contributed by atoms with Crippen LogP contribution in [0.3, 0.4) is 0 Å². The molecule has 21 heavy (non-hydrogen) atoms. The molecule has 0 bridgehead atoms. The van der Waals surface area contributed by atoms with Gasteiger partial charge in [0, 0.05) is 5.57 Å². The zero-order valence-corrected chi connectivity index (χ0v) is 12.8. The maximum atomic E-state index is 11.5. The van der Waals surface area contributed by atoms with Crippen molar-refractivity contribution >= 4 is 11.9 Å². The second-order valence-corrected chi connectivity index (χ2v) is 5.52. The van der Waals surface area contributed by atoms with Gasteiger partial charge in [0.1, 0.15) is 17.1 Å². The van der Waals surface area contributed by atoms with Gasteiger partial charge in [-0.15, -0.1) is 0 Å². The Kier molecular flexibility index (Phi) is 5.52. The molecule has 0 aliphatic carbocycles. The summed E-state index contributed by atoms with van der Waals surface area (Å²) in [6.07, 6.45) is 0. The predicted octanol–water partition coefficient (Wildman–Crippen LogP) is 2.89. The summed E-state index contributed by atoms with van der Waals surface area (Å²) in [7, 11) is 0. The molecule has 0 radical (unpaired) electrons. The molecule has 0 amide bonds. The molecule has 0 heterocycles. The molecule has 0 spiro atoms. The number of benzene rings is 1. The van der Waals surface area contributed by atoms with Crippen LogP contribution >= 0.6 is 0 Å². The average molecular weight is 292 g/mol. The van der Waals surface area contributed by atoms with Crippen molar-refractivity contribution in [3.05, 3.63) is 36.4 Å². The normalized spacial score (nSPS) is 10.7. The lowest BCUT2D eigenvalue weighted by Crippen LogP contribution is -2.27. The molecule has 1 rings (SSSR count). The number of esters is 2. The predicted molar refractivity (Wildman–Crippen MR) is 78.2 cm³/mol. The van der Waals surface area contributed by atoms with Gasteiger partial charge in [-0.3, -0.25) is 0 Å². The van der Waals surface area contributed by atoms with E-state index < -0.39 is 17.5 Å². The van der Waals surface area contributed by atoms with Crippen molar-refractivity contribution in [2.45, 2.75) is 33.3 Å². The van der Waals surface area contributed by atoms with E-state index in [0.29, 0.717) is 17.1 Å². The molecule has 0 saturated carbocycles. The highest BCUT2D eigenvalue weighted by atomic mass is 16.6. The lowest BCUT2D eigenvalue weighted by atomic mass is 10.2. The molecule has 0 aliphatic rings. The summed E-state index contributed by atoms with van der Waals surface area (Å²) in [5, 5.41) is 0. The van der Waals surface area contributed by atoms with Crippen LogP contribution in [0.2, 0.25) is 0 Å². The van der Waals surface area contributed by atoms with Crippen molar-refractivity contribution in [2.24, 2.45) is 0 Å². The standard InChI is InChI=1S/C16H20O5/c1-11(2)15(18)20-13-8-6-12(7-9-13)19-10-14(17)21-16(3,4)5/h6-9H,1,10H2,2-5H3. The number of rotatable bonds is 5. The Morgan fingerprint density at radius 3 is 2.10 bits per heavy atom. The number of carbonyl (C=O) groups is 2. The van der Waals surface area contributed by atoms with Crippen molar-refractivity contribution in [1.29, 1.82) is 0 Å². The van der Waals surface area contributed by atoms with Gasteiger partial charge in [0.25, 0.3) is 0 Å². The monoisotopic (exact) mass is 292 g/mol. The molecule has 5 heteroatoms. The molecular weight excluding hydrogens is 272 g/mol. The summed E-state index contributed by atoms with van der Waals surface area (Å²) in [5.41, 5.74) is -0.221. The average Bonchev–Trinajstić information content (AvgIpc) is 2.35. The smallest absolute Gasteiger partial charge is 0.344 e. The van der Waals surface area contributed by atoms with Crippen LogP contribution in [0.5, 0.6) is 11.5 Å². The third-order valence-corrected chi connectivity index (χ3v) is 2.16. The highest BCUT2D eigenvalue weighted by molar-refractivity contribution is 5.88. The van der Waals surface area contributed by atoms with Gasteiger partial charge in [-0.05, 0) is 52.0 Å². The molecule has 1 aromatic rings. The number of hydrogen-bond acceptors (Lipinski definition) is 5. The zero-order chi connectivity index (χ0) is 16.0. The van der Waals surface area contributed by atoms with Gasteiger partial charge in [0.2, 0.25) is 0 Å². The first-order chi connectivity index (χ1) is 9.67. The van der Waals surface area contributed by atoms with E-state index in [1.165, 1.54) is 0 Å². The van der Waals surface area contributed by atoms with Crippen LogP contribution in [0.1, 0.15) is 27.7 Å². The van der Waals surface area contributed by atoms with Gasteiger partial charge in [-0.1, -0.05) is 6.58 Å². The molecule has 0 saturated heterocycles. The highest BCUT2D eigenvalue weighted by Gasteiger charge is 2.16. The van der Waals surface area contributed by atoms with E-state index in [4.69, 9.17) is 14.2 Å². The van der Waals surface area contributed by atoms with Crippen molar-refractivity contribution < 1.29 is 23.8 Å². The molecule has 1 aromatic carbocycles. The Morgan fingerprint density at radius 2 is 1.62 bits per heavy atom. The van der Waals surface area contributed by atoms with Crippen molar-refractivity contribution in [1.82, 2.24) is 0 Å². The molecule has 0 atom stereocenters. The quantitative estimate of drug-likeness (QED) is 0.474. The third-order valence-electron chi connectivity index (χ3n) is 2.16. The second-order valence-electron chi connectivity index (χ2n) is 5.52.